The van der Waals surface area contributed by atoms with Crippen molar-refractivity contribution in [3.8, 4) is 5.75 Å². The maximum absolute atomic E-state index is 13.2. The number of methoxy groups -OCH3 is 1. The molecule has 6 heteroatoms. The third-order valence-corrected chi connectivity index (χ3v) is 6.99. The Morgan fingerprint density at radius 2 is 1.88 bits per heavy atom. The van der Waals surface area contributed by atoms with E-state index in [4.69, 9.17) is 9.47 Å². The van der Waals surface area contributed by atoms with Gasteiger partial charge >= 0.3 is 0 Å². The van der Waals surface area contributed by atoms with Crippen molar-refractivity contribution in [2.75, 3.05) is 13.7 Å². The van der Waals surface area contributed by atoms with Gasteiger partial charge in [-0.25, -0.2) is 13.1 Å². The second-order valence-electron chi connectivity index (χ2n) is 7.21. The predicted molar refractivity (Wildman–Crippen MR) is 96.3 cm³/mol. The van der Waals surface area contributed by atoms with Crippen LogP contribution in [0.25, 0.3) is 10.8 Å². The third kappa shape index (κ3) is 2.92. The number of sulfonamides is 1. The molecule has 2 aromatic rings. The third-order valence-electron chi connectivity index (χ3n) is 5.32. The van der Waals surface area contributed by atoms with Crippen LogP contribution >= 0.6 is 0 Å². The quantitative estimate of drug-likeness (QED) is 0.889. The lowest BCUT2D eigenvalue weighted by atomic mass is 9.92. The summed E-state index contributed by atoms with van der Waals surface area (Å²) in [5.74, 6) is 1.14. The molecule has 0 radical (unpaired) electrons. The molecule has 2 atom stereocenters. The molecule has 1 aliphatic carbocycles. The Bertz CT molecular complexity index is 907. The van der Waals surface area contributed by atoms with E-state index in [0.29, 0.717) is 30.1 Å². The molecule has 2 fully saturated rings. The van der Waals surface area contributed by atoms with Crippen molar-refractivity contribution in [1.29, 1.82) is 0 Å². The lowest BCUT2D eigenvalue weighted by Crippen LogP contribution is -2.52. The smallest absolute Gasteiger partial charge is 0.241 e. The summed E-state index contributed by atoms with van der Waals surface area (Å²) in [6.45, 7) is 2.57. The summed E-state index contributed by atoms with van der Waals surface area (Å²) in [6.07, 6.45) is 2.90. The fourth-order valence-corrected chi connectivity index (χ4v) is 5.56. The van der Waals surface area contributed by atoms with Crippen LogP contribution in [0.1, 0.15) is 26.2 Å². The highest BCUT2D eigenvalue weighted by atomic mass is 32.2. The Kier molecular flexibility index (Phi) is 4.02. The molecule has 2 unspecified atom stereocenters. The summed E-state index contributed by atoms with van der Waals surface area (Å²) in [7, 11) is -2.09. The Hall–Kier alpha value is -1.63. The summed E-state index contributed by atoms with van der Waals surface area (Å²) in [6, 6.07) is 10.7. The molecular weight excluding hydrogens is 338 g/mol. The Morgan fingerprint density at radius 3 is 2.56 bits per heavy atom. The van der Waals surface area contributed by atoms with Crippen LogP contribution in [0.2, 0.25) is 0 Å². The molecule has 5 nitrogen and oxygen atoms in total. The van der Waals surface area contributed by atoms with Crippen LogP contribution in [0.3, 0.4) is 0 Å². The highest BCUT2D eigenvalue weighted by molar-refractivity contribution is 7.89. The van der Waals surface area contributed by atoms with Crippen molar-refractivity contribution >= 4 is 20.8 Å². The van der Waals surface area contributed by atoms with Gasteiger partial charge < -0.3 is 9.47 Å². The molecule has 2 aliphatic rings. The molecular formula is C19H23NO4S. The zero-order chi connectivity index (χ0) is 17.7. The zero-order valence-corrected chi connectivity index (χ0v) is 15.3. The van der Waals surface area contributed by atoms with Crippen LogP contribution in [-0.2, 0) is 14.8 Å². The first-order valence-corrected chi connectivity index (χ1v) is 10.1. The van der Waals surface area contributed by atoms with Crippen molar-refractivity contribution in [1.82, 2.24) is 4.72 Å². The van der Waals surface area contributed by atoms with Crippen molar-refractivity contribution in [2.24, 2.45) is 5.92 Å². The molecule has 2 aromatic carbocycles. The van der Waals surface area contributed by atoms with E-state index in [9.17, 15) is 8.42 Å². The number of benzene rings is 2. The van der Waals surface area contributed by atoms with E-state index in [0.717, 1.165) is 18.2 Å². The molecule has 1 saturated carbocycles. The topological polar surface area (TPSA) is 64.6 Å². The number of fused-ring (bicyclic) bond motifs is 1. The van der Waals surface area contributed by atoms with Gasteiger partial charge in [-0.2, -0.15) is 0 Å². The maximum atomic E-state index is 13.2. The molecule has 1 N–H and O–H groups in total. The number of nitrogens with one attached hydrogen (secondary N) is 1. The Morgan fingerprint density at radius 1 is 1.16 bits per heavy atom. The average molecular weight is 361 g/mol. The van der Waals surface area contributed by atoms with Gasteiger partial charge in [-0.15, -0.1) is 0 Å². The first-order valence-electron chi connectivity index (χ1n) is 8.66. The van der Waals surface area contributed by atoms with Crippen molar-refractivity contribution < 1.29 is 17.9 Å². The van der Waals surface area contributed by atoms with Gasteiger partial charge in [0.15, 0.2) is 0 Å². The van der Waals surface area contributed by atoms with Crippen LogP contribution in [0.15, 0.2) is 41.3 Å². The van der Waals surface area contributed by atoms with Crippen LogP contribution in [0.5, 0.6) is 5.75 Å². The second kappa shape index (κ2) is 5.97. The van der Waals surface area contributed by atoms with E-state index >= 15 is 0 Å². The highest BCUT2D eigenvalue weighted by Crippen LogP contribution is 2.44. The molecule has 0 bridgehead atoms. The van der Waals surface area contributed by atoms with Gasteiger partial charge in [-0.3, -0.25) is 0 Å². The number of hydrogen-bond donors (Lipinski definition) is 1. The first kappa shape index (κ1) is 16.8. The predicted octanol–water partition coefficient (Wildman–Crippen LogP) is 3.08. The molecule has 134 valence electrons. The second-order valence-corrected chi connectivity index (χ2v) is 8.86. The van der Waals surface area contributed by atoms with Gasteiger partial charge in [-0.1, -0.05) is 24.3 Å². The molecule has 1 heterocycles. The average Bonchev–Trinajstić information content (AvgIpc) is 3.36. The standard InChI is InChI=1S/C19H23NO4S/c1-19(11-12-24-18(19)13-7-8-13)20-25(21,22)17-10-9-16(23-2)14-5-3-4-6-15(14)17/h3-6,9-10,13,18,20H,7-8,11-12H2,1-2H3. The summed E-state index contributed by atoms with van der Waals surface area (Å²) in [5, 5.41) is 1.46. The van der Waals surface area contributed by atoms with E-state index < -0.39 is 15.6 Å². The van der Waals surface area contributed by atoms with Gasteiger partial charge in [0.2, 0.25) is 10.0 Å². The molecule has 25 heavy (non-hydrogen) atoms. The van der Waals surface area contributed by atoms with Crippen LogP contribution < -0.4 is 9.46 Å². The molecule has 4 rings (SSSR count). The van der Waals surface area contributed by atoms with Crippen LogP contribution in [-0.4, -0.2) is 33.8 Å². The molecule has 1 saturated heterocycles. The van der Waals surface area contributed by atoms with Gasteiger partial charge in [0.05, 0.1) is 23.6 Å². The molecule has 0 spiro atoms. The van der Waals surface area contributed by atoms with Gasteiger partial charge in [0, 0.05) is 17.4 Å². The minimum atomic E-state index is -3.68. The number of rotatable bonds is 5. The summed E-state index contributed by atoms with van der Waals surface area (Å²) in [5.41, 5.74) is -0.555. The van der Waals surface area contributed by atoms with Crippen LogP contribution in [0.4, 0.5) is 0 Å². The number of ether oxygens (including phenoxy) is 2. The van der Waals surface area contributed by atoms with Gasteiger partial charge in [0.1, 0.15) is 5.75 Å². The number of hydrogen-bond acceptors (Lipinski definition) is 4. The van der Waals surface area contributed by atoms with E-state index in [1.807, 2.05) is 31.2 Å². The normalized spacial score (nSPS) is 26.9. The molecule has 0 amide bonds. The molecule has 1 aliphatic heterocycles. The fraction of sp³-hybridized carbons (Fsp3) is 0.474. The van der Waals surface area contributed by atoms with Crippen molar-refractivity contribution in [3.05, 3.63) is 36.4 Å². The minimum Gasteiger partial charge on any atom is -0.496 e. The maximum Gasteiger partial charge on any atom is 0.241 e. The van der Waals surface area contributed by atoms with Crippen molar-refractivity contribution in [3.63, 3.8) is 0 Å². The Labute approximate surface area is 148 Å². The summed E-state index contributed by atoms with van der Waals surface area (Å²) in [4.78, 5) is 0.284. The fourth-order valence-electron chi connectivity index (χ4n) is 3.91. The Balaban J connectivity index is 1.75. The lowest BCUT2D eigenvalue weighted by molar-refractivity contribution is 0.0629. The van der Waals surface area contributed by atoms with E-state index in [1.165, 1.54) is 0 Å². The first-order chi connectivity index (χ1) is 11.9. The van der Waals surface area contributed by atoms with Gasteiger partial charge in [-0.05, 0) is 44.2 Å². The zero-order valence-electron chi connectivity index (χ0n) is 14.5. The highest BCUT2D eigenvalue weighted by Gasteiger charge is 2.50. The minimum absolute atomic E-state index is 0.0354. The lowest BCUT2D eigenvalue weighted by Gasteiger charge is -2.31. The van der Waals surface area contributed by atoms with Crippen LogP contribution in [0, 0.1) is 5.92 Å². The summed E-state index contributed by atoms with van der Waals surface area (Å²) < 4.78 is 40.6. The van der Waals surface area contributed by atoms with Gasteiger partial charge in [0.25, 0.3) is 0 Å². The van der Waals surface area contributed by atoms with Crippen molar-refractivity contribution in [2.45, 2.75) is 42.7 Å². The monoisotopic (exact) mass is 361 g/mol. The summed E-state index contributed by atoms with van der Waals surface area (Å²) >= 11 is 0. The van der Waals surface area contributed by atoms with E-state index in [-0.39, 0.29) is 11.0 Å². The van der Waals surface area contributed by atoms with E-state index in [2.05, 4.69) is 4.72 Å². The molecule has 0 aromatic heterocycles. The van der Waals surface area contributed by atoms with E-state index in [1.54, 1.807) is 19.2 Å². The largest absolute Gasteiger partial charge is 0.496 e. The SMILES string of the molecule is COc1ccc(S(=O)(=O)NC2(C)CCOC2C2CC2)c2ccccc12.